The minimum Gasteiger partial charge on any atom is -0.378 e. The maximum absolute atomic E-state index is 12.3. The Balaban J connectivity index is 1.67. The third kappa shape index (κ3) is 4.18. The number of nitrogens with zero attached hydrogens (tertiary/aromatic N) is 2. The van der Waals surface area contributed by atoms with Gasteiger partial charge in [-0.2, -0.15) is 0 Å². The third-order valence-electron chi connectivity index (χ3n) is 4.67. The van der Waals surface area contributed by atoms with Gasteiger partial charge in [0.1, 0.15) is 0 Å². The molecule has 0 bridgehead atoms. The van der Waals surface area contributed by atoms with Gasteiger partial charge in [-0.1, -0.05) is 30.3 Å². The zero-order valence-corrected chi connectivity index (χ0v) is 14.8. The highest BCUT2D eigenvalue weighted by Gasteiger charge is 2.19. The van der Waals surface area contributed by atoms with Gasteiger partial charge in [-0.25, -0.2) is 0 Å². The molecule has 2 aromatic carbocycles. The second kappa shape index (κ2) is 7.68. The number of aliphatic hydroxyl groups is 1. The van der Waals surface area contributed by atoms with Crippen LogP contribution in [0.25, 0.3) is 0 Å². The Hall–Kier alpha value is -2.37. The van der Waals surface area contributed by atoms with Crippen molar-refractivity contribution in [3.8, 4) is 0 Å². The van der Waals surface area contributed by atoms with Crippen molar-refractivity contribution in [2.24, 2.45) is 0 Å². The zero-order valence-electron chi connectivity index (χ0n) is 14.8. The van der Waals surface area contributed by atoms with E-state index in [1.165, 1.54) is 5.69 Å². The maximum Gasteiger partial charge on any atom is 0.257 e. The van der Waals surface area contributed by atoms with Gasteiger partial charge >= 0.3 is 0 Å². The molecular weight excluding hydrogens is 314 g/mol. The normalized spacial score (nSPS) is 16.5. The van der Waals surface area contributed by atoms with E-state index in [-0.39, 0.29) is 0 Å². The molecule has 5 nitrogen and oxygen atoms in total. The van der Waals surface area contributed by atoms with Crippen LogP contribution in [0.5, 0.6) is 0 Å². The minimum absolute atomic E-state index is 0.419. The van der Waals surface area contributed by atoms with Crippen molar-refractivity contribution in [2.75, 3.05) is 43.4 Å². The minimum atomic E-state index is -1.17. The predicted molar refractivity (Wildman–Crippen MR) is 101 cm³/mol. The fraction of sp³-hybridized carbons (Fsp3) is 0.350. The summed E-state index contributed by atoms with van der Waals surface area (Å²) in [5, 5.41) is 13.0. The number of carbonyl (C=O) groups is 1. The van der Waals surface area contributed by atoms with Crippen molar-refractivity contribution in [2.45, 2.75) is 13.0 Å². The lowest BCUT2D eigenvalue weighted by Gasteiger charge is -2.35. The smallest absolute Gasteiger partial charge is 0.257 e. The number of likely N-dealkylation sites (N-methyl/N-ethyl adjacent to an activating group) is 1. The van der Waals surface area contributed by atoms with Crippen LogP contribution in [0.2, 0.25) is 0 Å². The average molecular weight is 339 g/mol. The quantitative estimate of drug-likeness (QED) is 0.898. The summed E-state index contributed by atoms with van der Waals surface area (Å²) >= 11 is 0. The van der Waals surface area contributed by atoms with Gasteiger partial charge in [-0.3, -0.25) is 4.79 Å². The zero-order chi connectivity index (χ0) is 17.8. The second-order valence-corrected chi connectivity index (χ2v) is 6.59. The third-order valence-corrected chi connectivity index (χ3v) is 4.67. The first-order valence-corrected chi connectivity index (χ1v) is 8.62. The molecule has 132 valence electrons. The highest BCUT2D eigenvalue weighted by Crippen LogP contribution is 2.25. The van der Waals surface area contributed by atoms with Gasteiger partial charge in [0.2, 0.25) is 0 Å². The Bertz CT molecular complexity index is 725. The van der Waals surface area contributed by atoms with E-state index in [1.54, 1.807) is 24.3 Å². The van der Waals surface area contributed by atoms with Crippen LogP contribution in [-0.4, -0.2) is 49.1 Å². The van der Waals surface area contributed by atoms with Crippen LogP contribution in [0.3, 0.4) is 0 Å². The molecule has 0 saturated carbocycles. The van der Waals surface area contributed by atoms with Crippen molar-refractivity contribution in [3.05, 3.63) is 59.7 Å². The number of carbonyl (C=O) groups excluding carboxylic acids is 1. The largest absolute Gasteiger partial charge is 0.378 e. The van der Waals surface area contributed by atoms with E-state index in [2.05, 4.69) is 29.1 Å². The van der Waals surface area contributed by atoms with E-state index in [0.29, 0.717) is 11.3 Å². The summed E-state index contributed by atoms with van der Waals surface area (Å²) in [7, 11) is 2.14. The molecule has 2 N–H and O–H groups in total. The number of hydrogen-bond donors (Lipinski definition) is 2. The van der Waals surface area contributed by atoms with Crippen molar-refractivity contribution >= 4 is 17.3 Å². The molecule has 2 aromatic rings. The molecule has 1 atom stereocenters. The highest BCUT2D eigenvalue weighted by molar-refractivity contribution is 5.95. The van der Waals surface area contributed by atoms with Crippen LogP contribution >= 0.6 is 0 Å². The lowest BCUT2D eigenvalue weighted by atomic mass is 10.1. The number of rotatable bonds is 4. The maximum atomic E-state index is 12.3. The number of aliphatic hydroxyl groups excluding tert-OH is 1. The SMILES string of the molecule is Cc1cc(NC(=O)C(O)c2ccccc2)ccc1N1CCN(C)CC1. The van der Waals surface area contributed by atoms with Crippen LogP contribution in [0, 0.1) is 6.92 Å². The molecule has 1 aliphatic heterocycles. The van der Waals surface area contributed by atoms with Crippen LogP contribution in [0.4, 0.5) is 11.4 Å². The van der Waals surface area contributed by atoms with E-state index >= 15 is 0 Å². The number of hydrogen-bond acceptors (Lipinski definition) is 4. The molecule has 0 aromatic heterocycles. The fourth-order valence-electron chi connectivity index (χ4n) is 3.13. The molecule has 0 radical (unpaired) electrons. The van der Waals surface area contributed by atoms with E-state index in [1.807, 2.05) is 24.3 Å². The van der Waals surface area contributed by atoms with Crippen LogP contribution in [0.1, 0.15) is 17.2 Å². The Labute approximate surface area is 148 Å². The van der Waals surface area contributed by atoms with Crippen molar-refractivity contribution in [3.63, 3.8) is 0 Å². The number of nitrogens with one attached hydrogen (secondary N) is 1. The van der Waals surface area contributed by atoms with Gasteiger partial charge in [0.15, 0.2) is 6.10 Å². The molecule has 1 fully saturated rings. The molecule has 1 aliphatic rings. The lowest BCUT2D eigenvalue weighted by molar-refractivity contribution is -0.124. The molecule has 1 unspecified atom stereocenters. The van der Waals surface area contributed by atoms with Gasteiger partial charge < -0.3 is 20.2 Å². The van der Waals surface area contributed by atoms with Crippen LogP contribution in [-0.2, 0) is 4.79 Å². The second-order valence-electron chi connectivity index (χ2n) is 6.59. The van der Waals surface area contributed by atoms with E-state index in [9.17, 15) is 9.90 Å². The molecule has 1 heterocycles. The summed E-state index contributed by atoms with van der Waals surface area (Å²) in [6.07, 6.45) is -1.17. The summed E-state index contributed by atoms with van der Waals surface area (Å²) in [6, 6.07) is 14.9. The van der Waals surface area contributed by atoms with E-state index < -0.39 is 12.0 Å². The topological polar surface area (TPSA) is 55.8 Å². The average Bonchev–Trinajstić information content (AvgIpc) is 2.63. The summed E-state index contributed by atoms with van der Waals surface area (Å²) in [4.78, 5) is 17.0. The number of piperazine rings is 1. The monoisotopic (exact) mass is 339 g/mol. The Morgan fingerprint density at radius 1 is 1.08 bits per heavy atom. The Morgan fingerprint density at radius 2 is 1.76 bits per heavy atom. The number of benzene rings is 2. The first-order chi connectivity index (χ1) is 12.0. The molecule has 25 heavy (non-hydrogen) atoms. The van der Waals surface area contributed by atoms with Gasteiger partial charge in [-0.05, 0) is 43.3 Å². The van der Waals surface area contributed by atoms with Crippen LogP contribution in [0.15, 0.2) is 48.5 Å². The van der Waals surface area contributed by atoms with Crippen LogP contribution < -0.4 is 10.2 Å². The fourth-order valence-corrected chi connectivity index (χ4v) is 3.13. The first kappa shape index (κ1) is 17.5. The Kier molecular flexibility index (Phi) is 5.36. The van der Waals surface area contributed by atoms with Gasteiger partial charge in [-0.15, -0.1) is 0 Å². The molecule has 5 heteroatoms. The molecule has 0 spiro atoms. The molecular formula is C20H25N3O2. The van der Waals surface area contributed by atoms with Crippen molar-refractivity contribution in [1.29, 1.82) is 0 Å². The molecule has 0 aliphatic carbocycles. The van der Waals surface area contributed by atoms with Gasteiger partial charge in [0, 0.05) is 37.6 Å². The number of aryl methyl sites for hydroxylation is 1. The number of anilines is 2. The summed E-state index contributed by atoms with van der Waals surface area (Å²) in [5.41, 5.74) is 3.62. The van der Waals surface area contributed by atoms with E-state index in [0.717, 1.165) is 31.7 Å². The van der Waals surface area contributed by atoms with Crippen molar-refractivity contribution in [1.82, 2.24) is 4.90 Å². The van der Waals surface area contributed by atoms with Gasteiger partial charge in [0.05, 0.1) is 0 Å². The van der Waals surface area contributed by atoms with Gasteiger partial charge in [0.25, 0.3) is 5.91 Å². The summed E-state index contributed by atoms with van der Waals surface area (Å²) in [6.45, 7) is 6.19. The molecule has 3 rings (SSSR count). The number of amides is 1. The standard InChI is InChI=1S/C20H25N3O2/c1-15-14-17(8-9-18(15)23-12-10-22(2)11-13-23)21-20(25)19(24)16-6-4-3-5-7-16/h3-9,14,19,24H,10-13H2,1-2H3,(H,21,25). The summed E-state index contributed by atoms with van der Waals surface area (Å²) < 4.78 is 0. The lowest BCUT2D eigenvalue weighted by Crippen LogP contribution is -2.44. The van der Waals surface area contributed by atoms with E-state index in [4.69, 9.17) is 0 Å². The summed E-state index contributed by atoms with van der Waals surface area (Å²) in [5.74, 6) is -0.419. The predicted octanol–water partition coefficient (Wildman–Crippen LogP) is 2.42. The molecule has 1 amide bonds. The molecule has 1 saturated heterocycles. The van der Waals surface area contributed by atoms with Crippen molar-refractivity contribution < 1.29 is 9.90 Å². The first-order valence-electron chi connectivity index (χ1n) is 8.62. The Morgan fingerprint density at radius 3 is 2.40 bits per heavy atom. The highest BCUT2D eigenvalue weighted by atomic mass is 16.3.